The number of para-hydroxylation sites is 1. The molecule has 1 saturated heterocycles. The summed E-state index contributed by atoms with van der Waals surface area (Å²) in [4.78, 5) is 26.5. The molecule has 1 atom stereocenters. The van der Waals surface area contributed by atoms with Crippen LogP contribution in [0.5, 0.6) is 5.75 Å². The molecule has 1 heterocycles. The molecule has 1 aliphatic rings. The van der Waals surface area contributed by atoms with Crippen LogP contribution in [0.15, 0.2) is 48.5 Å². The fraction of sp³-hybridized carbons (Fsp3) is 0.263. The molecule has 0 aliphatic carbocycles. The number of carbonyl (C=O) groups excluding carboxylic acids is 2. The van der Waals surface area contributed by atoms with Gasteiger partial charge in [0.25, 0.3) is 0 Å². The Morgan fingerprint density at radius 1 is 1.21 bits per heavy atom. The van der Waals surface area contributed by atoms with Gasteiger partial charge in [-0.25, -0.2) is 0 Å². The highest BCUT2D eigenvalue weighted by Gasteiger charge is 2.35. The van der Waals surface area contributed by atoms with Crippen molar-refractivity contribution in [1.82, 2.24) is 0 Å². The summed E-state index contributed by atoms with van der Waals surface area (Å²) in [6.07, 6.45) is 0.217. The van der Waals surface area contributed by atoms with Crippen molar-refractivity contribution in [2.24, 2.45) is 5.92 Å². The van der Waals surface area contributed by atoms with Gasteiger partial charge < -0.3 is 15.0 Å². The molecule has 2 aromatic rings. The van der Waals surface area contributed by atoms with E-state index in [4.69, 9.17) is 4.74 Å². The molecule has 0 unspecified atom stereocenters. The summed E-state index contributed by atoms with van der Waals surface area (Å²) < 4.78 is 5.28. The first-order valence-electron chi connectivity index (χ1n) is 7.89. The van der Waals surface area contributed by atoms with Crippen LogP contribution in [0.4, 0.5) is 11.4 Å². The Kier molecular flexibility index (Phi) is 4.51. The molecule has 0 radical (unpaired) electrons. The first-order chi connectivity index (χ1) is 11.6. The Labute approximate surface area is 141 Å². The molecule has 0 spiro atoms. The number of anilines is 2. The van der Waals surface area contributed by atoms with E-state index in [0.717, 1.165) is 11.3 Å². The van der Waals surface area contributed by atoms with Gasteiger partial charge >= 0.3 is 0 Å². The number of rotatable bonds is 4. The Balaban J connectivity index is 1.73. The SMILES string of the molecule is COc1ccc(C)cc1NC(=O)[C@@H]1CC(=O)N(c2ccccc2)C1. The first-order valence-corrected chi connectivity index (χ1v) is 7.89. The number of nitrogens with zero attached hydrogens (tertiary/aromatic N) is 1. The van der Waals surface area contributed by atoms with Crippen LogP contribution in [-0.4, -0.2) is 25.5 Å². The third-order valence-corrected chi connectivity index (χ3v) is 4.18. The van der Waals surface area contributed by atoms with Crippen LogP contribution in [0.2, 0.25) is 0 Å². The summed E-state index contributed by atoms with van der Waals surface area (Å²) >= 11 is 0. The second-order valence-corrected chi connectivity index (χ2v) is 5.93. The molecule has 1 N–H and O–H groups in total. The van der Waals surface area contributed by atoms with Gasteiger partial charge in [-0.2, -0.15) is 0 Å². The zero-order valence-electron chi connectivity index (χ0n) is 13.8. The highest BCUT2D eigenvalue weighted by atomic mass is 16.5. The minimum absolute atomic E-state index is 0.0300. The standard InChI is InChI=1S/C19H20N2O3/c1-13-8-9-17(24-2)16(10-13)20-19(23)14-11-18(22)21(12-14)15-6-4-3-5-7-15/h3-10,14H,11-12H2,1-2H3,(H,20,23)/t14-/m1/s1. The van der Waals surface area contributed by atoms with E-state index in [-0.39, 0.29) is 24.2 Å². The zero-order chi connectivity index (χ0) is 17.1. The Hall–Kier alpha value is -2.82. The molecule has 0 aromatic heterocycles. The minimum atomic E-state index is -0.372. The van der Waals surface area contributed by atoms with Crippen molar-refractivity contribution >= 4 is 23.2 Å². The lowest BCUT2D eigenvalue weighted by molar-refractivity contribution is -0.122. The van der Waals surface area contributed by atoms with Crippen molar-refractivity contribution in [2.45, 2.75) is 13.3 Å². The predicted molar refractivity (Wildman–Crippen MR) is 93.3 cm³/mol. The van der Waals surface area contributed by atoms with Gasteiger partial charge in [-0.15, -0.1) is 0 Å². The molecule has 24 heavy (non-hydrogen) atoms. The summed E-state index contributed by atoms with van der Waals surface area (Å²) in [6.45, 7) is 2.34. The van der Waals surface area contributed by atoms with Crippen molar-refractivity contribution < 1.29 is 14.3 Å². The molecule has 5 nitrogen and oxygen atoms in total. The number of aryl methyl sites for hydroxylation is 1. The van der Waals surface area contributed by atoms with Gasteiger partial charge in [0.05, 0.1) is 18.7 Å². The lowest BCUT2D eigenvalue weighted by atomic mass is 10.1. The molecule has 2 aromatic carbocycles. The maximum Gasteiger partial charge on any atom is 0.229 e. The lowest BCUT2D eigenvalue weighted by Crippen LogP contribution is -2.28. The topological polar surface area (TPSA) is 58.6 Å². The normalized spacial score (nSPS) is 17.0. The minimum Gasteiger partial charge on any atom is -0.495 e. The van der Waals surface area contributed by atoms with Gasteiger partial charge in [0.1, 0.15) is 5.75 Å². The average Bonchev–Trinajstić information content (AvgIpc) is 2.98. The Morgan fingerprint density at radius 2 is 1.96 bits per heavy atom. The second kappa shape index (κ2) is 6.74. The van der Waals surface area contributed by atoms with E-state index >= 15 is 0 Å². The second-order valence-electron chi connectivity index (χ2n) is 5.93. The fourth-order valence-electron chi connectivity index (χ4n) is 2.89. The van der Waals surface area contributed by atoms with E-state index in [1.165, 1.54) is 0 Å². The van der Waals surface area contributed by atoms with E-state index in [1.54, 1.807) is 12.0 Å². The van der Waals surface area contributed by atoms with Crippen LogP contribution in [0.1, 0.15) is 12.0 Å². The summed E-state index contributed by atoms with van der Waals surface area (Å²) in [5.74, 6) is 0.0457. The molecular weight excluding hydrogens is 304 g/mol. The van der Waals surface area contributed by atoms with Crippen molar-refractivity contribution in [2.75, 3.05) is 23.9 Å². The summed E-state index contributed by atoms with van der Waals surface area (Å²) in [5, 5.41) is 2.89. The van der Waals surface area contributed by atoms with Gasteiger partial charge in [0, 0.05) is 18.7 Å². The molecule has 5 heteroatoms. The van der Waals surface area contributed by atoms with E-state index in [1.807, 2.05) is 55.5 Å². The van der Waals surface area contributed by atoms with Crippen LogP contribution in [0, 0.1) is 12.8 Å². The fourth-order valence-corrected chi connectivity index (χ4v) is 2.89. The summed E-state index contributed by atoms with van der Waals surface area (Å²) in [5.41, 5.74) is 2.48. The number of amides is 2. The molecular formula is C19H20N2O3. The highest BCUT2D eigenvalue weighted by molar-refractivity contribution is 6.03. The molecule has 3 rings (SSSR count). The van der Waals surface area contributed by atoms with E-state index in [0.29, 0.717) is 18.0 Å². The van der Waals surface area contributed by atoms with Crippen LogP contribution in [0.3, 0.4) is 0 Å². The zero-order valence-corrected chi connectivity index (χ0v) is 13.8. The Bertz CT molecular complexity index is 758. The van der Waals surface area contributed by atoms with Crippen molar-refractivity contribution in [3.8, 4) is 5.75 Å². The summed E-state index contributed by atoms with van der Waals surface area (Å²) in [7, 11) is 1.57. The average molecular weight is 324 g/mol. The van der Waals surface area contributed by atoms with Gasteiger partial charge in [-0.3, -0.25) is 9.59 Å². The van der Waals surface area contributed by atoms with Gasteiger partial charge in [-0.1, -0.05) is 24.3 Å². The van der Waals surface area contributed by atoms with E-state index in [2.05, 4.69) is 5.32 Å². The number of methoxy groups -OCH3 is 1. The molecule has 0 saturated carbocycles. The maximum atomic E-state index is 12.6. The number of nitrogens with one attached hydrogen (secondary N) is 1. The predicted octanol–water partition coefficient (Wildman–Crippen LogP) is 3.00. The number of ether oxygens (including phenoxy) is 1. The number of hydrogen-bond donors (Lipinski definition) is 1. The molecule has 1 aliphatic heterocycles. The Morgan fingerprint density at radius 3 is 2.67 bits per heavy atom. The summed E-state index contributed by atoms with van der Waals surface area (Å²) in [6, 6.07) is 15.0. The van der Waals surface area contributed by atoms with Crippen LogP contribution >= 0.6 is 0 Å². The number of hydrogen-bond acceptors (Lipinski definition) is 3. The van der Waals surface area contributed by atoms with E-state index in [9.17, 15) is 9.59 Å². The van der Waals surface area contributed by atoms with Crippen LogP contribution in [-0.2, 0) is 9.59 Å². The van der Waals surface area contributed by atoms with Gasteiger partial charge in [0.15, 0.2) is 0 Å². The quantitative estimate of drug-likeness (QED) is 0.940. The van der Waals surface area contributed by atoms with E-state index < -0.39 is 0 Å². The van der Waals surface area contributed by atoms with Gasteiger partial charge in [-0.05, 0) is 36.8 Å². The molecule has 1 fully saturated rings. The third kappa shape index (κ3) is 3.25. The molecule has 124 valence electrons. The third-order valence-electron chi connectivity index (χ3n) is 4.18. The monoisotopic (exact) mass is 324 g/mol. The van der Waals surface area contributed by atoms with Crippen LogP contribution < -0.4 is 15.0 Å². The lowest BCUT2D eigenvalue weighted by Gasteiger charge is -2.17. The van der Waals surface area contributed by atoms with Crippen molar-refractivity contribution in [3.05, 3.63) is 54.1 Å². The van der Waals surface area contributed by atoms with Crippen LogP contribution in [0.25, 0.3) is 0 Å². The molecule has 2 amide bonds. The highest BCUT2D eigenvalue weighted by Crippen LogP contribution is 2.29. The van der Waals surface area contributed by atoms with Crippen molar-refractivity contribution in [1.29, 1.82) is 0 Å². The smallest absolute Gasteiger partial charge is 0.229 e. The largest absolute Gasteiger partial charge is 0.495 e. The van der Waals surface area contributed by atoms with Gasteiger partial charge in [0.2, 0.25) is 11.8 Å². The first kappa shape index (κ1) is 16.1. The van der Waals surface area contributed by atoms with Crippen molar-refractivity contribution in [3.63, 3.8) is 0 Å². The number of benzene rings is 2. The molecule has 0 bridgehead atoms. The number of carbonyl (C=O) groups is 2. The maximum absolute atomic E-state index is 12.6.